The number of anilines is 1. The summed E-state index contributed by atoms with van der Waals surface area (Å²) in [6, 6.07) is 14.3. The van der Waals surface area contributed by atoms with Crippen LogP contribution < -0.4 is 19.5 Å². The number of rotatable bonds is 13. The number of methoxy groups -OCH3 is 2. The van der Waals surface area contributed by atoms with Gasteiger partial charge in [0.2, 0.25) is 6.41 Å². The fraction of sp³-hybridized carbons (Fsp3) is 0.290. The zero-order valence-corrected chi connectivity index (χ0v) is 23.4. The summed E-state index contributed by atoms with van der Waals surface area (Å²) in [5, 5.41) is 7.28. The van der Waals surface area contributed by atoms with Crippen molar-refractivity contribution in [2.45, 2.75) is 33.9 Å². The summed E-state index contributed by atoms with van der Waals surface area (Å²) >= 11 is 0. The van der Waals surface area contributed by atoms with Crippen molar-refractivity contribution >= 4 is 12.2 Å². The molecule has 1 amide bonds. The summed E-state index contributed by atoms with van der Waals surface area (Å²) in [5.41, 5.74) is 6.23. The highest BCUT2D eigenvalue weighted by Crippen LogP contribution is 2.37. The number of halogens is 1. The maximum atomic E-state index is 13.9. The standard InChI is InChI=1S/C31H34FN3O5/c1-20-11-25(32)6-7-28(20)29-14-23(16-33-31-22(3)18-40-34-31)10-21(2)30(29)39-9-8-35(19-36)17-24-12-26(37-4)15-27(13-24)38-5/h6-7,10-15,18-19H,8-9,16-17H2,1-5H3,(H,33,34). The number of amides is 1. The lowest BCUT2D eigenvalue weighted by molar-refractivity contribution is -0.119. The number of nitrogens with zero attached hydrogens (tertiary/aromatic N) is 2. The van der Waals surface area contributed by atoms with E-state index < -0.39 is 0 Å². The molecule has 1 N–H and O–H groups in total. The summed E-state index contributed by atoms with van der Waals surface area (Å²) in [7, 11) is 3.17. The molecule has 0 fully saturated rings. The van der Waals surface area contributed by atoms with Crippen molar-refractivity contribution in [3.8, 4) is 28.4 Å². The molecule has 0 saturated heterocycles. The van der Waals surface area contributed by atoms with Crippen molar-refractivity contribution in [3.05, 3.63) is 88.4 Å². The van der Waals surface area contributed by atoms with E-state index in [2.05, 4.69) is 10.5 Å². The summed E-state index contributed by atoms with van der Waals surface area (Å²) < 4.78 is 35.9. The molecule has 3 aromatic carbocycles. The molecule has 0 aliphatic rings. The third kappa shape index (κ3) is 6.91. The van der Waals surface area contributed by atoms with Crippen LogP contribution >= 0.6 is 0 Å². The van der Waals surface area contributed by atoms with Crippen LogP contribution in [0.2, 0.25) is 0 Å². The molecule has 0 atom stereocenters. The van der Waals surface area contributed by atoms with Crippen molar-refractivity contribution in [1.82, 2.24) is 10.1 Å². The van der Waals surface area contributed by atoms with Gasteiger partial charge in [-0.15, -0.1) is 0 Å². The number of benzene rings is 3. The molecular formula is C31H34FN3O5. The first-order valence-electron chi connectivity index (χ1n) is 12.9. The van der Waals surface area contributed by atoms with Gasteiger partial charge in [0.05, 0.1) is 20.8 Å². The average molecular weight is 548 g/mol. The van der Waals surface area contributed by atoms with E-state index in [0.29, 0.717) is 42.7 Å². The van der Waals surface area contributed by atoms with Crippen LogP contribution in [-0.2, 0) is 17.9 Å². The van der Waals surface area contributed by atoms with Crippen LogP contribution in [0.1, 0.15) is 27.8 Å². The van der Waals surface area contributed by atoms with Crippen molar-refractivity contribution in [2.24, 2.45) is 0 Å². The lowest BCUT2D eigenvalue weighted by Gasteiger charge is -2.21. The first-order chi connectivity index (χ1) is 19.3. The van der Waals surface area contributed by atoms with Gasteiger partial charge in [-0.05, 0) is 78.9 Å². The van der Waals surface area contributed by atoms with Gasteiger partial charge in [0.25, 0.3) is 0 Å². The van der Waals surface area contributed by atoms with Gasteiger partial charge in [0.15, 0.2) is 5.82 Å². The molecule has 1 aromatic heterocycles. The average Bonchev–Trinajstić information content (AvgIpc) is 3.36. The lowest BCUT2D eigenvalue weighted by atomic mass is 9.95. The number of hydrogen-bond donors (Lipinski definition) is 1. The van der Waals surface area contributed by atoms with E-state index >= 15 is 0 Å². The summed E-state index contributed by atoms with van der Waals surface area (Å²) in [5.74, 6) is 2.37. The van der Waals surface area contributed by atoms with Gasteiger partial charge in [0, 0.05) is 30.3 Å². The maximum absolute atomic E-state index is 13.9. The Morgan fingerprint density at radius 2 is 1.68 bits per heavy atom. The van der Waals surface area contributed by atoms with E-state index in [1.165, 1.54) is 12.1 Å². The van der Waals surface area contributed by atoms with E-state index in [9.17, 15) is 9.18 Å². The van der Waals surface area contributed by atoms with Crippen molar-refractivity contribution < 1.29 is 27.9 Å². The normalized spacial score (nSPS) is 10.8. The maximum Gasteiger partial charge on any atom is 0.210 e. The Morgan fingerprint density at radius 1 is 0.925 bits per heavy atom. The van der Waals surface area contributed by atoms with Crippen LogP contribution in [0.5, 0.6) is 17.2 Å². The Bertz CT molecular complexity index is 1450. The predicted molar refractivity (Wildman–Crippen MR) is 151 cm³/mol. The minimum Gasteiger partial charge on any atom is -0.497 e. The number of aromatic nitrogens is 1. The fourth-order valence-electron chi connectivity index (χ4n) is 4.54. The minimum atomic E-state index is -0.296. The second-order valence-electron chi connectivity index (χ2n) is 9.59. The monoisotopic (exact) mass is 547 g/mol. The Hall–Kier alpha value is -4.53. The largest absolute Gasteiger partial charge is 0.497 e. The highest BCUT2D eigenvalue weighted by molar-refractivity contribution is 5.75. The number of nitrogens with one attached hydrogen (secondary N) is 1. The third-order valence-corrected chi connectivity index (χ3v) is 6.59. The number of carbonyl (C=O) groups excluding carboxylic acids is 1. The molecular weight excluding hydrogens is 513 g/mol. The Kier molecular flexibility index (Phi) is 9.27. The highest BCUT2D eigenvalue weighted by atomic mass is 19.1. The van der Waals surface area contributed by atoms with Crippen LogP contribution in [0.25, 0.3) is 11.1 Å². The first-order valence-corrected chi connectivity index (χ1v) is 12.9. The molecule has 8 nitrogen and oxygen atoms in total. The Balaban J connectivity index is 1.54. The molecule has 0 saturated carbocycles. The molecule has 0 radical (unpaired) electrons. The number of aryl methyl sites for hydroxylation is 3. The quantitative estimate of drug-likeness (QED) is 0.203. The van der Waals surface area contributed by atoms with Crippen LogP contribution in [0.3, 0.4) is 0 Å². The van der Waals surface area contributed by atoms with Gasteiger partial charge in [-0.1, -0.05) is 17.3 Å². The Morgan fingerprint density at radius 3 is 2.30 bits per heavy atom. The number of carbonyl (C=O) groups is 1. The van der Waals surface area contributed by atoms with Gasteiger partial charge in [-0.3, -0.25) is 4.79 Å². The first kappa shape index (κ1) is 28.5. The Labute approximate surface area is 233 Å². The van der Waals surface area contributed by atoms with Gasteiger partial charge < -0.3 is 29.0 Å². The molecule has 0 unspecified atom stereocenters. The highest BCUT2D eigenvalue weighted by Gasteiger charge is 2.16. The second kappa shape index (κ2) is 13.0. The molecule has 4 aromatic rings. The second-order valence-corrected chi connectivity index (χ2v) is 9.59. The van der Waals surface area contributed by atoms with Crippen molar-refractivity contribution in [1.29, 1.82) is 0 Å². The van der Waals surface area contributed by atoms with E-state index in [-0.39, 0.29) is 12.4 Å². The summed E-state index contributed by atoms with van der Waals surface area (Å²) in [6.07, 6.45) is 2.39. The molecule has 1 heterocycles. The van der Waals surface area contributed by atoms with Crippen LogP contribution in [0.15, 0.2) is 59.3 Å². The van der Waals surface area contributed by atoms with Crippen LogP contribution in [0, 0.1) is 26.6 Å². The number of hydrogen-bond acceptors (Lipinski definition) is 7. The van der Waals surface area contributed by atoms with Crippen molar-refractivity contribution in [3.63, 3.8) is 0 Å². The van der Waals surface area contributed by atoms with Crippen molar-refractivity contribution in [2.75, 3.05) is 32.7 Å². The molecule has 210 valence electrons. The van der Waals surface area contributed by atoms with Crippen LogP contribution in [0.4, 0.5) is 10.2 Å². The SMILES string of the molecule is COc1cc(CN(C=O)CCOc2c(C)cc(CNc3nocc3C)cc2-c2ccc(F)cc2C)cc(OC)c1. The smallest absolute Gasteiger partial charge is 0.210 e. The summed E-state index contributed by atoms with van der Waals surface area (Å²) in [6.45, 7) is 7.28. The lowest BCUT2D eigenvalue weighted by Crippen LogP contribution is -2.27. The summed E-state index contributed by atoms with van der Waals surface area (Å²) in [4.78, 5) is 13.5. The van der Waals surface area contributed by atoms with E-state index in [1.54, 1.807) is 37.5 Å². The molecule has 9 heteroatoms. The zero-order valence-electron chi connectivity index (χ0n) is 23.4. The molecule has 4 rings (SSSR count). The molecule has 40 heavy (non-hydrogen) atoms. The minimum absolute atomic E-state index is 0.268. The zero-order chi connectivity index (χ0) is 28.6. The van der Waals surface area contributed by atoms with Gasteiger partial charge >= 0.3 is 0 Å². The molecule has 0 spiro atoms. The predicted octanol–water partition coefficient (Wildman–Crippen LogP) is 6.07. The van der Waals surface area contributed by atoms with Gasteiger partial charge in [-0.25, -0.2) is 4.39 Å². The van der Waals surface area contributed by atoms with E-state index in [1.807, 2.05) is 45.0 Å². The third-order valence-electron chi connectivity index (χ3n) is 6.59. The van der Waals surface area contributed by atoms with Crippen LogP contribution in [-0.4, -0.2) is 43.8 Å². The molecule has 0 aliphatic carbocycles. The fourth-order valence-corrected chi connectivity index (χ4v) is 4.54. The molecule has 0 bridgehead atoms. The topological polar surface area (TPSA) is 86.1 Å². The molecule has 0 aliphatic heterocycles. The van der Waals surface area contributed by atoms with E-state index in [4.69, 9.17) is 18.7 Å². The van der Waals surface area contributed by atoms with Gasteiger partial charge in [0.1, 0.15) is 35.9 Å². The van der Waals surface area contributed by atoms with Gasteiger partial charge in [-0.2, -0.15) is 0 Å². The van der Waals surface area contributed by atoms with E-state index in [0.717, 1.165) is 45.4 Å². The number of ether oxygens (including phenoxy) is 3.